The summed E-state index contributed by atoms with van der Waals surface area (Å²) in [5.74, 6) is -0.671. The molecule has 30 heavy (non-hydrogen) atoms. The Bertz CT molecular complexity index is 1510. The summed E-state index contributed by atoms with van der Waals surface area (Å²) in [4.78, 5) is 24.2. The zero-order valence-electron chi connectivity index (χ0n) is 15.9. The van der Waals surface area contributed by atoms with Gasteiger partial charge in [0.2, 0.25) is 5.43 Å². The maximum atomic E-state index is 12.2. The number of carboxylic acids is 1. The first kappa shape index (κ1) is 18.4. The molecule has 5 heteroatoms. The van der Waals surface area contributed by atoms with E-state index < -0.39 is 5.97 Å². The molecule has 0 spiro atoms. The fraction of sp³-hybridized carbons (Fsp3) is 0.0400. The van der Waals surface area contributed by atoms with Gasteiger partial charge in [0, 0.05) is 28.0 Å². The van der Waals surface area contributed by atoms with Crippen molar-refractivity contribution >= 4 is 39.3 Å². The van der Waals surface area contributed by atoms with E-state index in [-0.39, 0.29) is 16.0 Å². The molecule has 0 unspecified atom stereocenters. The molecule has 0 fully saturated rings. The molecule has 0 amide bonds. The number of carbonyl (C=O) groups is 1. The molecular formula is C25H15ClO4. The highest BCUT2D eigenvalue weighted by molar-refractivity contribution is 6.31. The normalized spacial score (nSPS) is 11.4. The fourth-order valence-corrected chi connectivity index (χ4v) is 4.14. The Morgan fingerprint density at radius 2 is 1.70 bits per heavy atom. The summed E-state index contributed by atoms with van der Waals surface area (Å²) in [7, 11) is 0. The summed E-state index contributed by atoms with van der Waals surface area (Å²) < 4.78 is 6.19. The van der Waals surface area contributed by atoms with Gasteiger partial charge in [-0.25, -0.2) is 4.79 Å². The minimum absolute atomic E-state index is 0.0579. The molecule has 1 heterocycles. The molecule has 5 rings (SSSR count). The zero-order valence-corrected chi connectivity index (χ0v) is 16.7. The smallest absolute Gasteiger partial charge is 0.336 e. The van der Waals surface area contributed by atoms with Gasteiger partial charge in [0.15, 0.2) is 0 Å². The van der Waals surface area contributed by atoms with Crippen LogP contribution in [0.25, 0.3) is 44.2 Å². The van der Waals surface area contributed by atoms with E-state index in [9.17, 15) is 14.7 Å². The number of halogens is 1. The van der Waals surface area contributed by atoms with Gasteiger partial charge < -0.3 is 9.52 Å². The van der Waals surface area contributed by atoms with Gasteiger partial charge in [-0.15, -0.1) is 0 Å². The number of aromatic carboxylic acids is 1. The van der Waals surface area contributed by atoms with Crippen molar-refractivity contribution in [3.05, 3.63) is 93.1 Å². The van der Waals surface area contributed by atoms with Crippen molar-refractivity contribution in [1.82, 2.24) is 0 Å². The van der Waals surface area contributed by atoms with E-state index in [1.165, 1.54) is 6.07 Å². The van der Waals surface area contributed by atoms with E-state index in [2.05, 4.69) is 6.07 Å². The van der Waals surface area contributed by atoms with Crippen molar-refractivity contribution in [2.75, 3.05) is 0 Å². The molecule has 2 aliphatic rings. The monoisotopic (exact) mass is 414 g/mol. The Kier molecular flexibility index (Phi) is 4.12. The van der Waals surface area contributed by atoms with Crippen LogP contribution in [0.3, 0.4) is 0 Å². The van der Waals surface area contributed by atoms with Gasteiger partial charge in [-0.2, -0.15) is 0 Å². The summed E-state index contributed by atoms with van der Waals surface area (Å²) >= 11 is 6.14. The van der Waals surface area contributed by atoms with Crippen LogP contribution in [0.4, 0.5) is 0 Å². The standard InChI is InChI=1S/C25H15ClO4/c1-13-6-8-15-14(10-13)7-9-18-23(16-4-2-3-5-17(16)25(28)29)19-11-20(26)21(27)12-22(19)30-24(15)18/h2-12H,1H3,(H,28,29). The van der Waals surface area contributed by atoms with Crippen molar-refractivity contribution < 1.29 is 14.3 Å². The highest BCUT2D eigenvalue weighted by Crippen LogP contribution is 2.43. The number of hydrogen-bond donors (Lipinski definition) is 1. The van der Waals surface area contributed by atoms with E-state index in [1.54, 1.807) is 30.3 Å². The maximum Gasteiger partial charge on any atom is 0.336 e. The van der Waals surface area contributed by atoms with Crippen LogP contribution in [0.1, 0.15) is 15.9 Å². The molecule has 0 aromatic heterocycles. The molecule has 3 aromatic carbocycles. The van der Waals surface area contributed by atoms with Crippen LogP contribution >= 0.6 is 11.6 Å². The first-order chi connectivity index (χ1) is 14.4. The predicted molar refractivity (Wildman–Crippen MR) is 119 cm³/mol. The van der Waals surface area contributed by atoms with Crippen molar-refractivity contribution in [2.45, 2.75) is 6.92 Å². The molecule has 0 radical (unpaired) electrons. The van der Waals surface area contributed by atoms with Gasteiger partial charge in [-0.05, 0) is 36.1 Å². The molecule has 4 nitrogen and oxygen atoms in total. The first-order valence-electron chi connectivity index (χ1n) is 9.36. The van der Waals surface area contributed by atoms with E-state index in [1.807, 2.05) is 31.2 Å². The molecule has 0 saturated heterocycles. The second kappa shape index (κ2) is 6.71. The zero-order chi connectivity index (χ0) is 21.0. The van der Waals surface area contributed by atoms with Gasteiger partial charge in [0.1, 0.15) is 11.3 Å². The third kappa shape index (κ3) is 2.77. The molecule has 0 atom stereocenters. The Morgan fingerprint density at radius 3 is 2.50 bits per heavy atom. The van der Waals surface area contributed by atoms with Crippen LogP contribution in [0, 0.1) is 6.92 Å². The van der Waals surface area contributed by atoms with Gasteiger partial charge in [0.25, 0.3) is 0 Å². The van der Waals surface area contributed by atoms with Crippen LogP contribution in [-0.4, -0.2) is 11.1 Å². The molecule has 146 valence electrons. The molecule has 3 aromatic rings. The Morgan fingerprint density at radius 1 is 0.933 bits per heavy atom. The van der Waals surface area contributed by atoms with Crippen LogP contribution in [0.2, 0.25) is 5.02 Å². The highest BCUT2D eigenvalue weighted by atomic mass is 35.5. The van der Waals surface area contributed by atoms with Crippen molar-refractivity contribution in [3.8, 4) is 22.5 Å². The first-order valence-corrected chi connectivity index (χ1v) is 9.74. The number of rotatable bonds is 2. The Balaban J connectivity index is 2.04. The quantitative estimate of drug-likeness (QED) is 0.269. The predicted octanol–water partition coefficient (Wildman–Crippen LogP) is 6.38. The summed E-state index contributed by atoms with van der Waals surface area (Å²) in [5, 5.41) is 12.5. The molecular weight excluding hydrogens is 400 g/mol. The minimum atomic E-state index is -1.03. The molecule has 0 bridgehead atoms. The largest absolute Gasteiger partial charge is 0.478 e. The fourth-order valence-electron chi connectivity index (χ4n) is 3.97. The van der Waals surface area contributed by atoms with E-state index in [4.69, 9.17) is 16.0 Å². The maximum absolute atomic E-state index is 12.2. The lowest BCUT2D eigenvalue weighted by Crippen LogP contribution is -2.04. The highest BCUT2D eigenvalue weighted by Gasteiger charge is 2.23. The van der Waals surface area contributed by atoms with Crippen molar-refractivity contribution in [1.29, 1.82) is 0 Å². The second-order valence-electron chi connectivity index (χ2n) is 7.27. The van der Waals surface area contributed by atoms with Gasteiger partial charge >= 0.3 is 5.97 Å². The number of carboxylic acid groups (broad SMARTS) is 1. The van der Waals surface area contributed by atoms with Crippen LogP contribution in [-0.2, 0) is 0 Å². The van der Waals surface area contributed by atoms with Crippen molar-refractivity contribution in [3.63, 3.8) is 0 Å². The molecule has 1 aliphatic heterocycles. The molecule has 1 aliphatic carbocycles. The summed E-state index contributed by atoms with van der Waals surface area (Å²) in [6.07, 6.45) is 0. The third-order valence-corrected chi connectivity index (χ3v) is 5.63. The SMILES string of the molecule is Cc1ccc2c(ccc3c(-c4ccccc4C(=O)O)c4cc(Cl)c(=O)cc-4oc32)c1. The van der Waals surface area contributed by atoms with E-state index in [0.717, 1.165) is 21.7 Å². The summed E-state index contributed by atoms with van der Waals surface area (Å²) in [5.41, 5.74) is 3.33. The number of aryl methyl sites for hydroxylation is 1. The number of hydrogen-bond acceptors (Lipinski definition) is 3. The van der Waals surface area contributed by atoms with E-state index >= 15 is 0 Å². The lowest BCUT2D eigenvalue weighted by Gasteiger charge is -2.18. The average Bonchev–Trinajstić information content (AvgIpc) is 2.73. The van der Waals surface area contributed by atoms with Crippen LogP contribution in [0.5, 0.6) is 0 Å². The van der Waals surface area contributed by atoms with Gasteiger partial charge in [0.05, 0.1) is 10.6 Å². The van der Waals surface area contributed by atoms with Crippen LogP contribution in [0.15, 0.2) is 75.9 Å². The lowest BCUT2D eigenvalue weighted by molar-refractivity contribution is 0.0697. The van der Waals surface area contributed by atoms with Crippen molar-refractivity contribution in [2.24, 2.45) is 0 Å². The minimum Gasteiger partial charge on any atom is -0.478 e. The summed E-state index contributed by atoms with van der Waals surface area (Å²) in [6.45, 7) is 2.02. The van der Waals surface area contributed by atoms with Gasteiger partial charge in [-0.3, -0.25) is 4.79 Å². The molecule has 0 saturated carbocycles. The average molecular weight is 415 g/mol. The third-order valence-electron chi connectivity index (χ3n) is 5.34. The van der Waals surface area contributed by atoms with Crippen LogP contribution < -0.4 is 5.43 Å². The summed E-state index contributed by atoms with van der Waals surface area (Å²) in [6, 6.07) is 19.6. The lowest BCUT2D eigenvalue weighted by atomic mass is 9.89. The number of fused-ring (bicyclic) bond motifs is 4. The van der Waals surface area contributed by atoms with Gasteiger partial charge in [-0.1, -0.05) is 59.6 Å². The topological polar surface area (TPSA) is 67.5 Å². The molecule has 1 N–H and O–H groups in total. The number of benzene rings is 4. The Hall–Kier alpha value is -3.63. The Labute approximate surface area is 176 Å². The second-order valence-corrected chi connectivity index (χ2v) is 7.68. The van der Waals surface area contributed by atoms with E-state index in [0.29, 0.717) is 28.0 Å².